The highest BCUT2D eigenvalue weighted by Gasteiger charge is 2.53. The molecule has 3 aromatic heterocycles. The van der Waals surface area contributed by atoms with Crippen LogP contribution in [0.15, 0.2) is 57.7 Å². The second-order valence-electron chi connectivity index (χ2n) is 6.52. The van der Waals surface area contributed by atoms with Gasteiger partial charge < -0.3 is 19.2 Å². The van der Waals surface area contributed by atoms with Crippen LogP contribution in [0.4, 0.5) is 0 Å². The lowest BCUT2D eigenvalue weighted by molar-refractivity contribution is -0.123. The molecule has 7 nitrogen and oxygen atoms in total. The van der Waals surface area contributed by atoms with Crippen LogP contribution in [0.25, 0.3) is 22.6 Å². The standard InChI is InChI=1S/C19H16N4O3/c24-18(20-11-17-21-12-4-1-2-5-13(12)22-17)19(7-8-19)16-10-15(26-23-16)14-6-3-9-25-14/h1-6,9-10H,7-8,11H2,(H,20,24)(H,21,22). The minimum absolute atomic E-state index is 0.0581. The largest absolute Gasteiger partial charge is 0.461 e. The lowest BCUT2D eigenvalue weighted by Gasteiger charge is -2.11. The molecule has 0 aliphatic heterocycles. The molecule has 1 aromatic carbocycles. The number of nitrogens with zero attached hydrogens (tertiary/aromatic N) is 2. The first kappa shape index (κ1) is 14.9. The van der Waals surface area contributed by atoms with Gasteiger partial charge in [0.1, 0.15) is 5.82 Å². The molecule has 1 saturated carbocycles. The van der Waals surface area contributed by atoms with Gasteiger partial charge in [0.05, 0.1) is 35.0 Å². The van der Waals surface area contributed by atoms with E-state index in [0.29, 0.717) is 23.8 Å². The van der Waals surface area contributed by atoms with Crippen LogP contribution in [0.5, 0.6) is 0 Å². The third-order valence-corrected chi connectivity index (χ3v) is 4.80. The van der Waals surface area contributed by atoms with Crippen LogP contribution in [0.2, 0.25) is 0 Å². The molecule has 1 amide bonds. The van der Waals surface area contributed by atoms with E-state index in [1.807, 2.05) is 24.3 Å². The Morgan fingerprint density at radius 1 is 1.19 bits per heavy atom. The zero-order valence-electron chi connectivity index (χ0n) is 13.9. The number of rotatable bonds is 5. The Morgan fingerprint density at radius 2 is 2.08 bits per heavy atom. The number of nitrogens with one attached hydrogen (secondary N) is 2. The summed E-state index contributed by atoms with van der Waals surface area (Å²) in [7, 11) is 0. The molecule has 0 radical (unpaired) electrons. The second kappa shape index (κ2) is 5.59. The molecule has 7 heteroatoms. The lowest BCUT2D eigenvalue weighted by atomic mass is 10.0. The van der Waals surface area contributed by atoms with Crippen molar-refractivity contribution in [3.05, 3.63) is 60.2 Å². The third-order valence-electron chi connectivity index (χ3n) is 4.80. The molecule has 0 spiro atoms. The van der Waals surface area contributed by atoms with Gasteiger partial charge in [-0.25, -0.2) is 4.98 Å². The van der Waals surface area contributed by atoms with Crippen molar-refractivity contribution >= 4 is 16.9 Å². The smallest absolute Gasteiger partial charge is 0.232 e. The Hall–Kier alpha value is -3.35. The van der Waals surface area contributed by atoms with Gasteiger partial charge in [-0.15, -0.1) is 0 Å². The van der Waals surface area contributed by atoms with E-state index in [9.17, 15) is 4.79 Å². The van der Waals surface area contributed by atoms with Crippen molar-refractivity contribution < 1.29 is 13.7 Å². The van der Waals surface area contributed by atoms with Crippen LogP contribution in [-0.4, -0.2) is 21.0 Å². The van der Waals surface area contributed by atoms with Gasteiger partial charge in [0.2, 0.25) is 11.7 Å². The monoisotopic (exact) mass is 348 g/mol. The summed E-state index contributed by atoms with van der Waals surface area (Å²) in [5.74, 6) is 1.80. The zero-order chi connectivity index (χ0) is 17.6. The summed E-state index contributed by atoms with van der Waals surface area (Å²) >= 11 is 0. The van der Waals surface area contributed by atoms with Gasteiger partial charge in [-0.1, -0.05) is 17.3 Å². The molecule has 0 unspecified atom stereocenters. The number of para-hydroxylation sites is 2. The van der Waals surface area contributed by atoms with Gasteiger partial charge in [-0.2, -0.15) is 0 Å². The van der Waals surface area contributed by atoms with E-state index in [2.05, 4.69) is 20.4 Å². The first-order chi connectivity index (χ1) is 12.7. The van der Waals surface area contributed by atoms with Gasteiger partial charge in [-0.05, 0) is 37.1 Å². The maximum Gasteiger partial charge on any atom is 0.232 e. The third kappa shape index (κ3) is 2.40. The van der Waals surface area contributed by atoms with Crippen LogP contribution in [0.3, 0.4) is 0 Å². The summed E-state index contributed by atoms with van der Waals surface area (Å²) in [4.78, 5) is 20.4. The van der Waals surface area contributed by atoms with E-state index in [1.165, 1.54) is 0 Å². The highest BCUT2D eigenvalue weighted by molar-refractivity contribution is 5.91. The number of carbonyl (C=O) groups excluding carboxylic acids is 1. The topological polar surface area (TPSA) is 97.0 Å². The van der Waals surface area contributed by atoms with Crippen molar-refractivity contribution in [3.63, 3.8) is 0 Å². The van der Waals surface area contributed by atoms with Crippen molar-refractivity contribution in [2.24, 2.45) is 0 Å². The molecule has 1 aliphatic rings. The number of fused-ring (bicyclic) bond motifs is 1. The maximum absolute atomic E-state index is 12.8. The fraction of sp³-hybridized carbons (Fsp3) is 0.211. The second-order valence-corrected chi connectivity index (χ2v) is 6.52. The normalized spacial score (nSPS) is 15.2. The summed E-state index contributed by atoms with van der Waals surface area (Å²) in [6.07, 6.45) is 3.08. The van der Waals surface area contributed by atoms with Crippen molar-refractivity contribution in [1.29, 1.82) is 0 Å². The number of aromatic nitrogens is 3. The van der Waals surface area contributed by atoms with Crippen LogP contribution in [-0.2, 0) is 16.8 Å². The number of H-pyrrole nitrogens is 1. The average Bonchev–Trinajstić information content (AvgIpc) is 3.08. The molecule has 3 heterocycles. The lowest BCUT2D eigenvalue weighted by Crippen LogP contribution is -2.34. The van der Waals surface area contributed by atoms with E-state index in [4.69, 9.17) is 8.94 Å². The molecule has 5 rings (SSSR count). The SMILES string of the molecule is O=C(NCc1nc2ccccc2[nH]1)C1(c2cc(-c3ccco3)on2)CC1. The summed E-state index contributed by atoms with van der Waals surface area (Å²) in [5.41, 5.74) is 1.88. The van der Waals surface area contributed by atoms with E-state index in [0.717, 1.165) is 29.7 Å². The van der Waals surface area contributed by atoms with Crippen LogP contribution in [0.1, 0.15) is 24.4 Å². The molecule has 0 bridgehead atoms. The Morgan fingerprint density at radius 3 is 2.85 bits per heavy atom. The first-order valence-corrected chi connectivity index (χ1v) is 8.48. The predicted octanol–water partition coefficient (Wildman–Crippen LogP) is 3.16. The fourth-order valence-corrected chi connectivity index (χ4v) is 3.18. The molecule has 130 valence electrons. The molecular formula is C19H16N4O3. The van der Waals surface area contributed by atoms with Gasteiger partial charge in [0.15, 0.2) is 5.76 Å². The summed E-state index contributed by atoms with van der Waals surface area (Å²) in [6.45, 7) is 0.345. The van der Waals surface area contributed by atoms with E-state index in [1.54, 1.807) is 24.5 Å². The Labute approximate surface area is 148 Å². The Bertz CT molecular complexity index is 1040. The van der Waals surface area contributed by atoms with Crippen LogP contribution < -0.4 is 5.32 Å². The van der Waals surface area contributed by atoms with Gasteiger partial charge >= 0.3 is 0 Å². The summed E-state index contributed by atoms with van der Waals surface area (Å²) in [6, 6.07) is 13.1. The van der Waals surface area contributed by atoms with E-state index >= 15 is 0 Å². The number of benzene rings is 1. The van der Waals surface area contributed by atoms with Crippen molar-refractivity contribution in [2.45, 2.75) is 24.8 Å². The predicted molar refractivity (Wildman–Crippen MR) is 93.1 cm³/mol. The van der Waals surface area contributed by atoms with E-state index < -0.39 is 5.41 Å². The van der Waals surface area contributed by atoms with E-state index in [-0.39, 0.29) is 5.91 Å². The van der Waals surface area contributed by atoms with Gasteiger partial charge in [0, 0.05) is 6.07 Å². The quantitative estimate of drug-likeness (QED) is 0.577. The highest BCUT2D eigenvalue weighted by Crippen LogP contribution is 2.48. The minimum atomic E-state index is -0.611. The zero-order valence-corrected chi connectivity index (χ0v) is 13.9. The molecular weight excluding hydrogens is 332 g/mol. The average molecular weight is 348 g/mol. The number of amides is 1. The Balaban J connectivity index is 1.32. The number of carbonyl (C=O) groups is 1. The van der Waals surface area contributed by atoms with Crippen LogP contribution >= 0.6 is 0 Å². The summed E-state index contributed by atoms with van der Waals surface area (Å²) in [5, 5.41) is 7.07. The number of furan rings is 1. The van der Waals surface area contributed by atoms with Gasteiger partial charge in [0.25, 0.3) is 0 Å². The minimum Gasteiger partial charge on any atom is -0.461 e. The first-order valence-electron chi connectivity index (χ1n) is 8.48. The molecule has 0 atom stereocenters. The molecule has 26 heavy (non-hydrogen) atoms. The highest BCUT2D eigenvalue weighted by atomic mass is 16.5. The van der Waals surface area contributed by atoms with Crippen molar-refractivity contribution in [1.82, 2.24) is 20.4 Å². The molecule has 0 saturated heterocycles. The van der Waals surface area contributed by atoms with Crippen LogP contribution in [0, 0.1) is 0 Å². The number of imidazole rings is 1. The number of hydrogen-bond donors (Lipinski definition) is 2. The number of hydrogen-bond acceptors (Lipinski definition) is 5. The maximum atomic E-state index is 12.8. The van der Waals surface area contributed by atoms with Gasteiger partial charge in [-0.3, -0.25) is 4.79 Å². The molecule has 1 aliphatic carbocycles. The number of aromatic amines is 1. The van der Waals surface area contributed by atoms with Crippen molar-refractivity contribution in [3.8, 4) is 11.5 Å². The molecule has 2 N–H and O–H groups in total. The Kier molecular flexibility index (Phi) is 3.21. The molecule has 4 aromatic rings. The van der Waals surface area contributed by atoms with Crippen molar-refractivity contribution in [2.75, 3.05) is 0 Å². The fourth-order valence-electron chi connectivity index (χ4n) is 3.18. The summed E-state index contributed by atoms with van der Waals surface area (Å²) < 4.78 is 10.7. The molecule has 1 fully saturated rings.